The van der Waals surface area contributed by atoms with Crippen LogP contribution in [0.4, 0.5) is 5.69 Å². The van der Waals surface area contributed by atoms with Crippen LogP contribution in [0, 0.1) is 24.7 Å². The lowest BCUT2D eigenvalue weighted by Crippen LogP contribution is -2.34. The van der Waals surface area contributed by atoms with Crippen molar-refractivity contribution < 1.29 is 4.79 Å². The number of anilines is 1. The largest absolute Gasteiger partial charge is 0.325 e. The topological polar surface area (TPSA) is 51.1 Å². The molecule has 1 aliphatic heterocycles. The van der Waals surface area contributed by atoms with Gasteiger partial charge in [-0.1, -0.05) is 52.8 Å². The van der Waals surface area contributed by atoms with E-state index in [2.05, 4.69) is 17.4 Å². The van der Waals surface area contributed by atoms with Crippen molar-refractivity contribution in [2.75, 3.05) is 5.32 Å². The maximum atomic E-state index is 13.1. The van der Waals surface area contributed by atoms with Crippen molar-refractivity contribution >= 4 is 46.3 Å². The number of hydrogen-bond donors (Lipinski definition) is 1. The monoisotopic (exact) mass is 496 g/mol. The van der Waals surface area contributed by atoms with Crippen LogP contribution < -0.4 is 10.2 Å². The quantitative estimate of drug-likeness (QED) is 0.470. The molecule has 5 atom stereocenters. The summed E-state index contributed by atoms with van der Waals surface area (Å²) in [5, 5.41) is 5.18. The number of aromatic nitrogens is 1. The van der Waals surface area contributed by atoms with Crippen LogP contribution in [0.25, 0.3) is 0 Å². The van der Waals surface area contributed by atoms with Gasteiger partial charge in [0.05, 0.1) is 5.03 Å². The second-order valence-electron chi connectivity index (χ2n) is 9.56. The number of nitrogens with one attached hydrogen (secondary N) is 1. The van der Waals surface area contributed by atoms with E-state index in [0.717, 1.165) is 32.1 Å². The third kappa shape index (κ3) is 3.76. The van der Waals surface area contributed by atoms with Gasteiger partial charge in [-0.25, -0.2) is 0 Å². The van der Waals surface area contributed by atoms with Gasteiger partial charge in [0.1, 0.15) is 6.54 Å². The van der Waals surface area contributed by atoms with Crippen LogP contribution in [0.3, 0.4) is 0 Å². The minimum atomic E-state index is -0.166. The van der Waals surface area contributed by atoms with Gasteiger partial charge in [-0.15, -0.1) is 11.8 Å². The molecule has 170 valence electrons. The number of amides is 1. The lowest BCUT2D eigenvalue weighted by atomic mass is 9.75. The first-order valence-electron chi connectivity index (χ1n) is 11.5. The third-order valence-corrected chi connectivity index (χ3v) is 10.6. The van der Waals surface area contributed by atoms with Crippen molar-refractivity contribution in [1.29, 1.82) is 0 Å². The van der Waals surface area contributed by atoms with E-state index in [0.29, 0.717) is 17.1 Å². The highest BCUT2D eigenvalue weighted by Gasteiger charge is 2.55. The fraction of sp³-hybridized carbons (Fsp3) is 0.385. The fourth-order valence-electron chi connectivity index (χ4n) is 6.11. The molecule has 4 nitrogen and oxygen atoms in total. The standard InChI is InChI=1S/C26H25ClN2O2S2/c1-14-2-10-19(11-3-14)28-20(30)13-29-25-24(33-26(29)31)21(15-6-8-18(27)9-7-15)22-16-4-5-17(12-16)23(22)32-25/h2-3,6-11,16-17,21-23H,4-5,12-13H2,1H3,(H,28,30)/t16-,17+,21-,22-,23+/m1/s1. The SMILES string of the molecule is Cc1ccc(NC(=O)Cn2c3c(sc2=O)[C@H](c2ccc(Cl)cc2)[C@H]2[C@@H]4CC[C@@H](C4)[C@@H]2S3)cc1. The summed E-state index contributed by atoms with van der Waals surface area (Å²) in [4.78, 5) is 27.1. The van der Waals surface area contributed by atoms with Gasteiger partial charge in [-0.3, -0.25) is 14.2 Å². The Morgan fingerprint density at radius 3 is 2.58 bits per heavy atom. The van der Waals surface area contributed by atoms with Crippen molar-refractivity contribution in [3.05, 3.63) is 79.2 Å². The van der Waals surface area contributed by atoms with E-state index in [1.165, 1.54) is 36.2 Å². The van der Waals surface area contributed by atoms with Gasteiger partial charge < -0.3 is 5.32 Å². The summed E-state index contributed by atoms with van der Waals surface area (Å²) in [7, 11) is 0. The first kappa shape index (κ1) is 21.5. The smallest absolute Gasteiger partial charge is 0.308 e. The minimum absolute atomic E-state index is 0.0437. The molecular formula is C26H25ClN2O2S2. The molecule has 3 aliphatic rings. The molecule has 33 heavy (non-hydrogen) atoms. The molecule has 0 saturated heterocycles. The van der Waals surface area contributed by atoms with E-state index in [1.54, 1.807) is 4.57 Å². The first-order valence-corrected chi connectivity index (χ1v) is 13.6. The normalized spacial score (nSPS) is 27.3. The number of carbonyl (C=O) groups is 1. The lowest BCUT2D eigenvalue weighted by Gasteiger charge is -2.40. The van der Waals surface area contributed by atoms with Gasteiger partial charge in [0.2, 0.25) is 5.91 Å². The molecule has 2 fully saturated rings. The minimum Gasteiger partial charge on any atom is -0.325 e. The summed E-state index contributed by atoms with van der Waals surface area (Å²) in [5.74, 6) is 2.02. The Hall–Kier alpha value is -2.02. The van der Waals surface area contributed by atoms with E-state index in [-0.39, 0.29) is 23.2 Å². The average Bonchev–Trinajstić information content (AvgIpc) is 3.49. The van der Waals surface area contributed by atoms with Crippen LogP contribution in [-0.4, -0.2) is 15.7 Å². The molecule has 3 aromatic rings. The molecule has 2 saturated carbocycles. The van der Waals surface area contributed by atoms with Crippen LogP contribution in [0.15, 0.2) is 58.4 Å². The molecule has 2 aliphatic carbocycles. The molecule has 6 rings (SSSR count). The Morgan fingerprint density at radius 1 is 1.09 bits per heavy atom. The van der Waals surface area contributed by atoms with Crippen LogP contribution in [-0.2, 0) is 11.3 Å². The van der Waals surface area contributed by atoms with E-state index >= 15 is 0 Å². The number of halogens is 1. The zero-order valence-electron chi connectivity index (χ0n) is 18.3. The summed E-state index contributed by atoms with van der Waals surface area (Å²) in [6.45, 7) is 2.06. The summed E-state index contributed by atoms with van der Waals surface area (Å²) in [5.41, 5.74) is 3.13. The Labute approximate surface area is 206 Å². The van der Waals surface area contributed by atoms with Crippen LogP contribution in [0.2, 0.25) is 5.02 Å². The Kier molecular flexibility index (Phi) is 5.43. The second kappa shape index (κ2) is 8.33. The van der Waals surface area contributed by atoms with Crippen molar-refractivity contribution in [2.45, 2.75) is 48.9 Å². The van der Waals surface area contributed by atoms with Crippen LogP contribution >= 0.6 is 34.7 Å². The number of hydrogen-bond acceptors (Lipinski definition) is 4. The first-order chi connectivity index (χ1) is 16.0. The molecule has 2 bridgehead atoms. The van der Waals surface area contributed by atoms with Gasteiger partial charge in [0.25, 0.3) is 0 Å². The molecule has 0 unspecified atom stereocenters. The zero-order chi connectivity index (χ0) is 22.7. The molecule has 0 spiro atoms. The van der Waals surface area contributed by atoms with Gasteiger partial charge in [-0.2, -0.15) is 0 Å². The number of fused-ring (bicyclic) bond motifs is 6. The summed E-state index contributed by atoms with van der Waals surface area (Å²) in [6.07, 6.45) is 3.86. The van der Waals surface area contributed by atoms with Crippen LogP contribution in [0.1, 0.15) is 41.2 Å². The molecule has 0 radical (unpaired) electrons. The number of aryl methyl sites for hydroxylation is 1. The summed E-state index contributed by atoms with van der Waals surface area (Å²) < 4.78 is 1.71. The number of benzene rings is 2. The van der Waals surface area contributed by atoms with E-state index in [1.807, 2.05) is 55.1 Å². The zero-order valence-corrected chi connectivity index (χ0v) is 20.7. The molecule has 1 amide bonds. The Bertz CT molecular complexity index is 1260. The fourth-order valence-corrected chi connectivity index (χ4v) is 9.39. The Morgan fingerprint density at radius 2 is 1.82 bits per heavy atom. The third-order valence-electron chi connectivity index (χ3n) is 7.56. The van der Waals surface area contributed by atoms with E-state index in [9.17, 15) is 9.59 Å². The maximum absolute atomic E-state index is 13.1. The Balaban J connectivity index is 1.36. The van der Waals surface area contributed by atoms with Gasteiger partial charge >= 0.3 is 4.87 Å². The molecule has 1 aromatic heterocycles. The molecule has 7 heteroatoms. The highest BCUT2D eigenvalue weighted by atomic mass is 35.5. The number of nitrogens with zero attached hydrogens (tertiary/aromatic N) is 1. The highest BCUT2D eigenvalue weighted by Crippen LogP contribution is 2.64. The lowest BCUT2D eigenvalue weighted by molar-refractivity contribution is -0.116. The van der Waals surface area contributed by atoms with Crippen molar-refractivity contribution in [3.63, 3.8) is 0 Å². The van der Waals surface area contributed by atoms with Crippen molar-refractivity contribution in [1.82, 2.24) is 4.57 Å². The number of thiazole rings is 1. The molecule has 2 aromatic carbocycles. The van der Waals surface area contributed by atoms with Gasteiger partial charge in [0.15, 0.2) is 0 Å². The maximum Gasteiger partial charge on any atom is 0.308 e. The van der Waals surface area contributed by atoms with Gasteiger partial charge in [-0.05, 0) is 73.8 Å². The predicted octanol–water partition coefficient (Wildman–Crippen LogP) is 6.16. The molecular weight excluding hydrogens is 472 g/mol. The van der Waals surface area contributed by atoms with E-state index < -0.39 is 0 Å². The summed E-state index contributed by atoms with van der Waals surface area (Å²) in [6, 6.07) is 15.9. The van der Waals surface area contributed by atoms with Gasteiger partial charge in [0, 0.05) is 26.8 Å². The molecule has 2 heterocycles. The van der Waals surface area contributed by atoms with Crippen molar-refractivity contribution in [2.24, 2.45) is 17.8 Å². The highest BCUT2D eigenvalue weighted by molar-refractivity contribution is 8.00. The van der Waals surface area contributed by atoms with E-state index in [4.69, 9.17) is 11.6 Å². The summed E-state index contributed by atoms with van der Waals surface area (Å²) >= 11 is 9.37. The number of carbonyl (C=O) groups excluding carboxylic acids is 1. The predicted molar refractivity (Wildman–Crippen MR) is 136 cm³/mol. The number of thioether (sulfide) groups is 1. The number of rotatable bonds is 4. The average molecular weight is 497 g/mol. The van der Waals surface area contributed by atoms with Crippen molar-refractivity contribution in [3.8, 4) is 0 Å². The second-order valence-corrected chi connectivity index (χ2v) is 12.2. The van der Waals surface area contributed by atoms with Crippen LogP contribution in [0.5, 0.6) is 0 Å². The molecule has 1 N–H and O–H groups in total.